The van der Waals surface area contributed by atoms with Gasteiger partial charge in [0.05, 0.1) is 40.9 Å². The summed E-state index contributed by atoms with van der Waals surface area (Å²) in [5.41, 5.74) is 29.2. The maximum atomic E-state index is 14.2. The Bertz CT molecular complexity index is 7500. The molecular weight excluding hydrogens is 1590 g/mol. The predicted octanol–water partition coefficient (Wildman–Crippen LogP) is 33.6. The van der Waals surface area contributed by atoms with E-state index in [1.807, 2.05) is 0 Å². The molecule has 4 aromatic heterocycles. The van der Waals surface area contributed by atoms with Gasteiger partial charge in [0.15, 0.2) is 0 Å². The lowest BCUT2D eigenvalue weighted by molar-refractivity contribution is 0.629. The fourth-order valence-electron chi connectivity index (χ4n) is 18.5. The average molecular weight is 1660 g/mol. The van der Waals surface area contributed by atoms with E-state index in [-0.39, 0.29) is 11.6 Å². The smallest absolute Gasteiger partial charge is 0.124 e. The molecule has 0 N–H and O–H groups in total. The van der Waals surface area contributed by atoms with Gasteiger partial charge in [-0.15, -0.1) is 45.3 Å². The number of fused-ring (bicyclic) bond motifs is 10. The molecule has 584 valence electrons. The van der Waals surface area contributed by atoms with Crippen LogP contribution in [0.4, 0.5) is 8.78 Å². The standard InChI is InChI=1S/C58H38N2S2.C56H32F2N2S2/c1-35-21-31-47-49(33-35)61-57(59-47)41-27-23-39(24-28-41)53-45-19-11-9-17-43(45)52(38-15-7-4-8-16-38)56-54(46-20-12-10-18-44(46)51(55(53)56)37-13-5-3-6-14-37)40-25-29-42(30-26-40)58-60-48-32-22-36(2)34-50(48)62-58;57-39-27-29-45-47(31-39)61-55(59-45)37-23-19-35(20-24-37)51-43-17-9-10-18-44(43)52(36-21-25-38(26-22-36)56-60-46-30-28-40(58)32-48(46)62-56)54-50(34-13-5-2-6-14-34)42-16-8-7-15-41(42)49(53(51)54)33-11-3-1-4-12-33/h3-34H,1-2H3;1-32H. The molecule has 4 heterocycles. The molecule has 24 rings (SSSR count). The molecule has 0 aliphatic carbocycles. The highest BCUT2D eigenvalue weighted by Crippen LogP contribution is 2.57. The maximum Gasteiger partial charge on any atom is 0.124 e. The van der Waals surface area contributed by atoms with Gasteiger partial charge < -0.3 is 0 Å². The van der Waals surface area contributed by atoms with Gasteiger partial charge in [-0.3, -0.25) is 0 Å². The van der Waals surface area contributed by atoms with Crippen LogP contribution in [0.15, 0.2) is 388 Å². The second kappa shape index (κ2) is 30.8. The van der Waals surface area contributed by atoms with Gasteiger partial charge in [0.2, 0.25) is 0 Å². The Kier molecular flexibility index (Phi) is 18.5. The molecule has 0 amide bonds. The van der Waals surface area contributed by atoms with Crippen molar-refractivity contribution in [3.63, 3.8) is 0 Å². The van der Waals surface area contributed by atoms with E-state index in [1.54, 1.807) is 46.9 Å². The summed E-state index contributed by atoms with van der Waals surface area (Å²) in [5.74, 6) is -0.521. The van der Waals surface area contributed by atoms with Crippen LogP contribution in [-0.2, 0) is 0 Å². The molecule has 0 saturated heterocycles. The molecule has 0 aliphatic rings. The molecule has 0 aliphatic heterocycles. The highest BCUT2D eigenvalue weighted by atomic mass is 32.1. The third-order valence-corrected chi connectivity index (χ3v) is 28.4. The first-order valence-electron chi connectivity index (χ1n) is 41.5. The van der Waals surface area contributed by atoms with E-state index >= 15 is 0 Å². The van der Waals surface area contributed by atoms with Crippen LogP contribution in [0.25, 0.3) is 237 Å². The zero-order chi connectivity index (χ0) is 82.6. The Labute approximate surface area is 729 Å². The molecule has 124 heavy (non-hydrogen) atoms. The summed E-state index contributed by atoms with van der Waals surface area (Å²) < 4.78 is 32.4. The van der Waals surface area contributed by atoms with Gasteiger partial charge in [0, 0.05) is 22.3 Å². The number of hydrogen-bond donors (Lipinski definition) is 0. The van der Waals surface area contributed by atoms with E-state index in [9.17, 15) is 8.78 Å². The normalized spacial score (nSPS) is 11.7. The first-order valence-corrected chi connectivity index (χ1v) is 44.8. The van der Waals surface area contributed by atoms with Crippen molar-refractivity contribution in [3.8, 4) is 131 Å². The second-order valence-electron chi connectivity index (χ2n) is 31.7. The molecule has 0 saturated carbocycles. The highest BCUT2D eigenvalue weighted by molar-refractivity contribution is 7.22. The van der Waals surface area contributed by atoms with Crippen molar-refractivity contribution in [2.75, 3.05) is 0 Å². The molecule has 4 nitrogen and oxygen atoms in total. The summed E-state index contributed by atoms with van der Waals surface area (Å²) in [6, 6.07) is 137. The summed E-state index contributed by atoms with van der Waals surface area (Å²) in [6.07, 6.45) is 0. The average Bonchev–Trinajstić information content (AvgIpc) is 1.55. The topological polar surface area (TPSA) is 51.6 Å². The van der Waals surface area contributed by atoms with Crippen molar-refractivity contribution in [1.29, 1.82) is 0 Å². The summed E-state index contributed by atoms with van der Waals surface area (Å²) in [7, 11) is 0. The summed E-state index contributed by atoms with van der Waals surface area (Å²) in [6.45, 7) is 4.28. The van der Waals surface area contributed by atoms with Gasteiger partial charge >= 0.3 is 0 Å². The molecule has 20 aromatic carbocycles. The lowest BCUT2D eigenvalue weighted by atomic mass is 9.77. The Morgan fingerprint density at radius 3 is 0.573 bits per heavy atom. The van der Waals surface area contributed by atoms with Crippen LogP contribution in [0.1, 0.15) is 11.1 Å². The molecule has 0 bridgehead atoms. The van der Waals surface area contributed by atoms with Crippen LogP contribution in [-0.4, -0.2) is 19.9 Å². The molecule has 0 atom stereocenters. The van der Waals surface area contributed by atoms with E-state index in [1.165, 1.54) is 165 Å². The van der Waals surface area contributed by atoms with Crippen molar-refractivity contribution >= 4 is 151 Å². The maximum absolute atomic E-state index is 14.2. The van der Waals surface area contributed by atoms with Crippen LogP contribution in [0.5, 0.6) is 0 Å². The fraction of sp³-hybridized carbons (Fsp3) is 0.0175. The molecule has 0 spiro atoms. The molecule has 0 fully saturated rings. The quantitative estimate of drug-likeness (QED) is 0.114. The van der Waals surface area contributed by atoms with Crippen LogP contribution in [0.2, 0.25) is 0 Å². The third-order valence-electron chi connectivity index (χ3n) is 24.1. The minimum absolute atomic E-state index is 0.260. The second-order valence-corrected chi connectivity index (χ2v) is 35.8. The van der Waals surface area contributed by atoms with Crippen LogP contribution in [0, 0.1) is 25.5 Å². The van der Waals surface area contributed by atoms with E-state index < -0.39 is 0 Å². The predicted molar refractivity (Wildman–Crippen MR) is 525 cm³/mol. The molecule has 0 unspecified atom stereocenters. The molecule has 0 radical (unpaired) electrons. The SMILES string of the molecule is Cc1ccc2nc(-c3ccc(-c4c5ccccc5c(-c5ccccc5)c5c(-c6ccc(-c7nc8ccc(C)cc8s7)cc6)c6ccccc6c(-c6ccccc6)c45)cc3)sc2c1.Fc1ccc2nc(-c3ccc(-c4c5ccccc5c(-c5ccc(-c6nc7ccc(F)cc7s6)cc5)c5c(-c6ccccc6)c6ccccc6c(-c6ccccc6)c45)cc3)sc2c1. The largest absolute Gasteiger partial charge is 0.236 e. The minimum atomic E-state index is -0.260. The first kappa shape index (κ1) is 74.4. The van der Waals surface area contributed by atoms with E-state index in [0.717, 1.165) is 118 Å². The van der Waals surface area contributed by atoms with E-state index in [0.29, 0.717) is 0 Å². The number of thiazole rings is 4. The lowest BCUT2D eigenvalue weighted by Crippen LogP contribution is -1.97. The number of rotatable bonds is 12. The van der Waals surface area contributed by atoms with E-state index in [2.05, 4.69) is 366 Å². The van der Waals surface area contributed by atoms with Crippen molar-refractivity contribution in [3.05, 3.63) is 411 Å². The minimum Gasteiger partial charge on any atom is -0.236 e. The zero-order valence-electron chi connectivity index (χ0n) is 67.1. The number of halogens is 2. The van der Waals surface area contributed by atoms with Gasteiger partial charge in [-0.2, -0.15) is 0 Å². The van der Waals surface area contributed by atoms with Crippen molar-refractivity contribution in [1.82, 2.24) is 19.9 Å². The van der Waals surface area contributed by atoms with Gasteiger partial charge in [0.25, 0.3) is 0 Å². The Hall–Kier alpha value is -14.6. The molecule has 24 aromatic rings. The third kappa shape index (κ3) is 13.0. The lowest BCUT2D eigenvalue weighted by Gasteiger charge is -2.25. The Morgan fingerprint density at radius 1 is 0.177 bits per heavy atom. The number of benzene rings is 20. The number of aryl methyl sites for hydroxylation is 2. The van der Waals surface area contributed by atoms with Crippen LogP contribution < -0.4 is 0 Å². The number of hydrogen-bond acceptors (Lipinski definition) is 8. The van der Waals surface area contributed by atoms with Crippen LogP contribution in [0.3, 0.4) is 0 Å². The van der Waals surface area contributed by atoms with Crippen molar-refractivity contribution < 1.29 is 8.78 Å². The molecular formula is C114H70F2N4S4. The van der Waals surface area contributed by atoms with Gasteiger partial charge in [-0.25, -0.2) is 28.7 Å². The Morgan fingerprint density at radius 2 is 0.355 bits per heavy atom. The first-order chi connectivity index (χ1) is 61.1. The summed E-state index contributed by atoms with van der Waals surface area (Å²) in [4.78, 5) is 19.9. The monoisotopic (exact) mass is 1660 g/mol. The van der Waals surface area contributed by atoms with Crippen molar-refractivity contribution in [2.45, 2.75) is 13.8 Å². The highest BCUT2D eigenvalue weighted by Gasteiger charge is 2.30. The zero-order valence-corrected chi connectivity index (χ0v) is 70.4. The van der Waals surface area contributed by atoms with Gasteiger partial charge in [-0.05, 0) is 239 Å². The number of aromatic nitrogens is 4. The molecule has 10 heteroatoms. The van der Waals surface area contributed by atoms with Gasteiger partial charge in [-0.1, -0.05) is 328 Å². The van der Waals surface area contributed by atoms with Crippen molar-refractivity contribution in [2.24, 2.45) is 0 Å². The fourth-order valence-corrected chi connectivity index (χ4v) is 22.7. The number of nitrogens with zero attached hydrogens (tertiary/aromatic N) is 4. The van der Waals surface area contributed by atoms with E-state index in [4.69, 9.17) is 19.9 Å². The summed E-state index contributed by atoms with van der Waals surface area (Å²) in [5, 5.41) is 18.1. The van der Waals surface area contributed by atoms with Crippen LogP contribution >= 0.6 is 45.3 Å². The Balaban J connectivity index is 0.000000143. The van der Waals surface area contributed by atoms with Gasteiger partial charge in [0.1, 0.15) is 31.7 Å². The summed E-state index contributed by atoms with van der Waals surface area (Å²) >= 11 is 6.52.